The van der Waals surface area contributed by atoms with Crippen LogP contribution >= 0.6 is 0 Å². The smallest absolute Gasteiger partial charge is 0.00297 e. The molecule has 1 aliphatic carbocycles. The Balaban J connectivity index is 0.000000292. The fraction of sp³-hybridized carbons (Fsp3) is 0.800. The summed E-state index contributed by atoms with van der Waals surface area (Å²) in [6, 6.07) is 0. The summed E-state index contributed by atoms with van der Waals surface area (Å²) in [4.78, 5) is 0. The Hall–Kier alpha value is -0.480. The Labute approximate surface area is 70.4 Å². The molecule has 0 spiro atoms. The maximum absolute atomic E-state index is 5.50. The predicted molar refractivity (Wildman–Crippen MR) is 50.1 cm³/mol. The molecule has 64 valence electrons. The molecule has 11 heavy (non-hydrogen) atoms. The standard InChI is InChI=1S/C7H15N.C3H4/c8-6-7-4-2-1-3-5-7;1-3-2/h7H,1-6,8H2;1H,2H3. The van der Waals surface area contributed by atoms with Gasteiger partial charge in [-0.1, -0.05) is 19.3 Å². The van der Waals surface area contributed by atoms with Crippen molar-refractivity contribution in [1.82, 2.24) is 0 Å². The quantitative estimate of drug-likeness (QED) is 0.574. The molecule has 2 N–H and O–H groups in total. The van der Waals surface area contributed by atoms with E-state index < -0.39 is 0 Å². The molecule has 1 fully saturated rings. The molecule has 0 aromatic heterocycles. The molecular formula is C10H19N. The average Bonchev–Trinajstić information content (AvgIpc) is 2.08. The maximum Gasteiger partial charge on any atom is -0.00297 e. The Morgan fingerprint density at radius 3 is 2.09 bits per heavy atom. The molecule has 1 heteroatoms. The van der Waals surface area contributed by atoms with Crippen LogP contribution in [-0.2, 0) is 0 Å². The van der Waals surface area contributed by atoms with E-state index in [-0.39, 0.29) is 0 Å². The van der Waals surface area contributed by atoms with Gasteiger partial charge in [0.15, 0.2) is 0 Å². The Morgan fingerprint density at radius 1 is 1.36 bits per heavy atom. The first kappa shape index (κ1) is 10.5. The van der Waals surface area contributed by atoms with Gasteiger partial charge in [0.25, 0.3) is 0 Å². The first-order valence-electron chi connectivity index (χ1n) is 4.42. The number of rotatable bonds is 1. The van der Waals surface area contributed by atoms with Crippen LogP contribution in [0.25, 0.3) is 0 Å². The van der Waals surface area contributed by atoms with E-state index in [4.69, 9.17) is 5.73 Å². The van der Waals surface area contributed by atoms with Crippen molar-refractivity contribution in [1.29, 1.82) is 0 Å². The van der Waals surface area contributed by atoms with Crippen molar-refractivity contribution in [2.24, 2.45) is 11.7 Å². The summed E-state index contributed by atoms with van der Waals surface area (Å²) >= 11 is 0. The third-order valence-electron chi connectivity index (χ3n) is 2.06. The van der Waals surface area contributed by atoms with Gasteiger partial charge in [-0.15, -0.1) is 12.3 Å². The number of hydrogen-bond acceptors (Lipinski definition) is 1. The highest BCUT2D eigenvalue weighted by Crippen LogP contribution is 2.21. The van der Waals surface area contributed by atoms with Gasteiger partial charge in [-0.25, -0.2) is 0 Å². The molecule has 0 atom stereocenters. The molecule has 0 bridgehead atoms. The minimum Gasteiger partial charge on any atom is -0.330 e. The second-order valence-corrected chi connectivity index (χ2v) is 3.03. The lowest BCUT2D eigenvalue weighted by atomic mass is 9.90. The van der Waals surface area contributed by atoms with Crippen LogP contribution in [-0.4, -0.2) is 6.54 Å². The summed E-state index contributed by atoms with van der Waals surface area (Å²) in [7, 11) is 0. The van der Waals surface area contributed by atoms with Crippen molar-refractivity contribution in [3.8, 4) is 12.3 Å². The van der Waals surface area contributed by atoms with Gasteiger partial charge in [-0.05, 0) is 32.2 Å². The zero-order valence-electron chi connectivity index (χ0n) is 7.47. The van der Waals surface area contributed by atoms with Crippen molar-refractivity contribution in [3.05, 3.63) is 0 Å². The fourth-order valence-corrected chi connectivity index (χ4v) is 1.42. The molecule has 0 saturated heterocycles. The average molecular weight is 153 g/mol. The first-order chi connectivity index (χ1) is 5.35. The van der Waals surface area contributed by atoms with Crippen LogP contribution in [0.4, 0.5) is 0 Å². The highest BCUT2D eigenvalue weighted by molar-refractivity contribution is 4.73. The van der Waals surface area contributed by atoms with Crippen LogP contribution in [0.1, 0.15) is 39.0 Å². The SMILES string of the molecule is C#CC.NCC1CCCCC1. The van der Waals surface area contributed by atoms with Crippen molar-refractivity contribution in [3.63, 3.8) is 0 Å². The van der Waals surface area contributed by atoms with Gasteiger partial charge >= 0.3 is 0 Å². The van der Waals surface area contributed by atoms with E-state index in [1.54, 1.807) is 6.92 Å². The monoisotopic (exact) mass is 153 g/mol. The second-order valence-electron chi connectivity index (χ2n) is 3.03. The summed E-state index contributed by atoms with van der Waals surface area (Å²) in [6.45, 7) is 2.57. The van der Waals surface area contributed by atoms with Crippen LogP contribution in [0.2, 0.25) is 0 Å². The zero-order valence-corrected chi connectivity index (χ0v) is 7.47. The van der Waals surface area contributed by atoms with Gasteiger partial charge in [0.05, 0.1) is 0 Å². The molecule has 0 aromatic carbocycles. The summed E-state index contributed by atoms with van der Waals surface area (Å²) in [5.41, 5.74) is 5.50. The molecule has 0 aromatic rings. The number of nitrogens with two attached hydrogens (primary N) is 1. The minimum absolute atomic E-state index is 0.865. The lowest BCUT2D eigenvalue weighted by Gasteiger charge is -2.18. The van der Waals surface area contributed by atoms with Gasteiger partial charge in [0.2, 0.25) is 0 Å². The minimum atomic E-state index is 0.865. The number of terminal acetylenes is 1. The van der Waals surface area contributed by atoms with Crippen molar-refractivity contribution in [2.75, 3.05) is 6.54 Å². The van der Waals surface area contributed by atoms with Crippen LogP contribution in [0, 0.1) is 18.3 Å². The number of hydrogen-bond donors (Lipinski definition) is 1. The molecule has 0 aliphatic heterocycles. The van der Waals surface area contributed by atoms with Gasteiger partial charge in [0.1, 0.15) is 0 Å². The van der Waals surface area contributed by atoms with E-state index in [2.05, 4.69) is 12.3 Å². The summed E-state index contributed by atoms with van der Waals surface area (Å²) in [5.74, 6) is 3.11. The largest absolute Gasteiger partial charge is 0.330 e. The lowest BCUT2D eigenvalue weighted by molar-refractivity contribution is 0.366. The molecule has 0 heterocycles. The normalized spacial score (nSPS) is 17.9. The van der Waals surface area contributed by atoms with Crippen molar-refractivity contribution in [2.45, 2.75) is 39.0 Å². The lowest BCUT2D eigenvalue weighted by Crippen LogP contribution is -2.16. The molecule has 1 rings (SSSR count). The topological polar surface area (TPSA) is 26.0 Å². The molecule has 1 aliphatic rings. The summed E-state index contributed by atoms with van der Waals surface area (Å²) in [5, 5.41) is 0. The Morgan fingerprint density at radius 2 is 1.82 bits per heavy atom. The van der Waals surface area contributed by atoms with E-state index in [9.17, 15) is 0 Å². The van der Waals surface area contributed by atoms with Gasteiger partial charge < -0.3 is 5.73 Å². The van der Waals surface area contributed by atoms with E-state index in [1.807, 2.05) is 0 Å². The van der Waals surface area contributed by atoms with Crippen LogP contribution in [0.3, 0.4) is 0 Å². The predicted octanol–water partition coefficient (Wildman–Crippen LogP) is 2.16. The zero-order chi connectivity index (χ0) is 8.53. The van der Waals surface area contributed by atoms with Gasteiger partial charge in [0, 0.05) is 0 Å². The van der Waals surface area contributed by atoms with E-state index in [1.165, 1.54) is 32.1 Å². The van der Waals surface area contributed by atoms with E-state index in [0.29, 0.717) is 0 Å². The summed E-state index contributed by atoms with van der Waals surface area (Å²) in [6.07, 6.45) is 11.6. The molecule has 1 nitrogen and oxygen atoms in total. The van der Waals surface area contributed by atoms with Crippen LogP contribution < -0.4 is 5.73 Å². The second kappa shape index (κ2) is 7.63. The molecule has 1 saturated carbocycles. The fourth-order valence-electron chi connectivity index (χ4n) is 1.42. The van der Waals surface area contributed by atoms with E-state index in [0.717, 1.165) is 12.5 Å². The van der Waals surface area contributed by atoms with Crippen molar-refractivity contribution < 1.29 is 0 Å². The molecule has 0 unspecified atom stereocenters. The molecule has 0 amide bonds. The highest BCUT2D eigenvalue weighted by atomic mass is 14.5. The van der Waals surface area contributed by atoms with Crippen molar-refractivity contribution >= 4 is 0 Å². The van der Waals surface area contributed by atoms with Gasteiger partial charge in [-0.2, -0.15) is 0 Å². The Bertz CT molecular complexity index is 107. The summed E-state index contributed by atoms with van der Waals surface area (Å²) < 4.78 is 0. The highest BCUT2D eigenvalue weighted by Gasteiger charge is 2.09. The maximum atomic E-state index is 5.50. The third-order valence-corrected chi connectivity index (χ3v) is 2.06. The van der Waals surface area contributed by atoms with E-state index >= 15 is 0 Å². The first-order valence-corrected chi connectivity index (χ1v) is 4.42. The Kier molecular flexibility index (Phi) is 7.29. The van der Waals surface area contributed by atoms with Crippen LogP contribution in [0.15, 0.2) is 0 Å². The molecule has 0 radical (unpaired) electrons. The molecular weight excluding hydrogens is 134 g/mol. The van der Waals surface area contributed by atoms with Gasteiger partial charge in [-0.3, -0.25) is 0 Å². The van der Waals surface area contributed by atoms with Crippen LogP contribution in [0.5, 0.6) is 0 Å². The third kappa shape index (κ3) is 5.94.